The van der Waals surface area contributed by atoms with Gasteiger partial charge >= 0.3 is 0 Å². The SMILES string of the molecule is Cc1ccc(C)c2c1C(=O)C(=O)N2CC(C)O. The molecule has 0 saturated heterocycles. The van der Waals surface area contributed by atoms with Crippen LogP contribution in [0.1, 0.15) is 28.4 Å². The molecule has 1 heterocycles. The Bertz CT molecular complexity index is 506. The van der Waals surface area contributed by atoms with Gasteiger partial charge < -0.3 is 10.0 Å². The maximum atomic E-state index is 11.9. The first kappa shape index (κ1) is 11.8. The molecule has 0 radical (unpaired) electrons. The summed E-state index contributed by atoms with van der Waals surface area (Å²) in [4.78, 5) is 25.1. The zero-order chi connectivity index (χ0) is 12.7. The van der Waals surface area contributed by atoms with Crippen LogP contribution in [-0.2, 0) is 4.79 Å². The highest BCUT2D eigenvalue weighted by molar-refractivity contribution is 6.52. The predicted molar refractivity (Wildman–Crippen MR) is 64.3 cm³/mol. The number of aliphatic hydroxyl groups excluding tert-OH is 1. The molecule has 0 bridgehead atoms. The van der Waals surface area contributed by atoms with Crippen molar-refractivity contribution in [3.05, 3.63) is 28.8 Å². The van der Waals surface area contributed by atoms with Gasteiger partial charge in [0.1, 0.15) is 0 Å². The molecule has 0 spiro atoms. The Labute approximate surface area is 99.9 Å². The Morgan fingerprint density at radius 1 is 1.24 bits per heavy atom. The molecule has 1 aromatic carbocycles. The molecule has 1 unspecified atom stereocenters. The van der Waals surface area contributed by atoms with Crippen molar-refractivity contribution in [2.75, 3.05) is 11.4 Å². The second kappa shape index (κ2) is 3.96. The number of benzene rings is 1. The highest BCUT2D eigenvalue weighted by Crippen LogP contribution is 2.34. The number of ketones is 1. The number of carbonyl (C=O) groups excluding carboxylic acids is 2. The molecule has 0 aromatic heterocycles. The number of hydrogen-bond acceptors (Lipinski definition) is 3. The van der Waals surface area contributed by atoms with Crippen LogP contribution in [0.3, 0.4) is 0 Å². The number of nitrogens with zero attached hydrogens (tertiary/aromatic N) is 1. The first-order chi connectivity index (χ1) is 7.93. The van der Waals surface area contributed by atoms with E-state index in [1.54, 1.807) is 6.92 Å². The van der Waals surface area contributed by atoms with Crippen LogP contribution in [-0.4, -0.2) is 29.4 Å². The van der Waals surface area contributed by atoms with Crippen molar-refractivity contribution in [1.29, 1.82) is 0 Å². The van der Waals surface area contributed by atoms with E-state index in [1.165, 1.54) is 4.90 Å². The number of amides is 1. The van der Waals surface area contributed by atoms with Crippen molar-refractivity contribution >= 4 is 17.4 Å². The average molecular weight is 233 g/mol. The summed E-state index contributed by atoms with van der Waals surface area (Å²) in [6.45, 7) is 5.43. The van der Waals surface area contributed by atoms with Crippen LogP contribution in [0.15, 0.2) is 12.1 Å². The summed E-state index contributed by atoms with van der Waals surface area (Å²) < 4.78 is 0. The second-order valence-electron chi connectivity index (χ2n) is 4.52. The van der Waals surface area contributed by atoms with Crippen molar-refractivity contribution < 1.29 is 14.7 Å². The Morgan fingerprint density at radius 3 is 2.41 bits per heavy atom. The van der Waals surface area contributed by atoms with Gasteiger partial charge in [0.05, 0.1) is 23.9 Å². The molecule has 2 rings (SSSR count). The largest absolute Gasteiger partial charge is 0.392 e. The summed E-state index contributed by atoms with van der Waals surface area (Å²) in [5, 5.41) is 9.40. The van der Waals surface area contributed by atoms with Gasteiger partial charge in [-0.15, -0.1) is 0 Å². The lowest BCUT2D eigenvalue weighted by Gasteiger charge is -2.20. The number of aryl methyl sites for hydroxylation is 2. The Morgan fingerprint density at radius 2 is 1.82 bits per heavy atom. The first-order valence-electron chi connectivity index (χ1n) is 5.58. The van der Waals surface area contributed by atoms with Gasteiger partial charge in [-0.3, -0.25) is 9.59 Å². The quantitative estimate of drug-likeness (QED) is 0.781. The van der Waals surface area contributed by atoms with Crippen LogP contribution in [0, 0.1) is 13.8 Å². The third kappa shape index (κ3) is 1.74. The van der Waals surface area contributed by atoms with Gasteiger partial charge in [0.15, 0.2) is 0 Å². The number of carbonyl (C=O) groups is 2. The van der Waals surface area contributed by atoms with Crippen molar-refractivity contribution in [3.63, 3.8) is 0 Å². The topological polar surface area (TPSA) is 57.6 Å². The molecule has 0 fully saturated rings. The van der Waals surface area contributed by atoms with Crippen molar-refractivity contribution in [2.45, 2.75) is 26.9 Å². The van der Waals surface area contributed by atoms with Gasteiger partial charge in [-0.2, -0.15) is 0 Å². The maximum Gasteiger partial charge on any atom is 0.299 e. The number of fused-ring (bicyclic) bond motifs is 1. The number of Topliss-reactive ketones (excluding diaryl/α,β-unsaturated/α-hetero) is 1. The standard InChI is InChI=1S/C13H15NO3/c1-7-4-5-8(2)11-10(7)12(16)13(17)14(11)6-9(3)15/h4-5,9,15H,6H2,1-3H3. The van der Waals surface area contributed by atoms with Crippen molar-refractivity contribution in [1.82, 2.24) is 0 Å². The molecule has 1 amide bonds. The van der Waals surface area contributed by atoms with Crippen LogP contribution in [0.5, 0.6) is 0 Å². The molecular weight excluding hydrogens is 218 g/mol. The highest BCUT2D eigenvalue weighted by Gasteiger charge is 2.38. The van der Waals surface area contributed by atoms with E-state index in [9.17, 15) is 14.7 Å². The molecule has 1 aromatic rings. The number of aliphatic hydroxyl groups is 1. The number of hydrogen-bond donors (Lipinski definition) is 1. The van der Waals surface area contributed by atoms with E-state index in [-0.39, 0.29) is 6.54 Å². The fourth-order valence-electron chi connectivity index (χ4n) is 2.20. The smallest absolute Gasteiger partial charge is 0.299 e. The van der Waals surface area contributed by atoms with E-state index in [1.807, 2.05) is 26.0 Å². The molecule has 1 atom stereocenters. The van der Waals surface area contributed by atoms with E-state index in [4.69, 9.17) is 0 Å². The minimum absolute atomic E-state index is 0.155. The molecule has 4 heteroatoms. The average Bonchev–Trinajstić information content (AvgIpc) is 2.49. The molecule has 1 aliphatic rings. The molecule has 0 saturated carbocycles. The molecule has 1 aliphatic heterocycles. The Balaban J connectivity index is 2.59. The summed E-state index contributed by atoms with van der Waals surface area (Å²) in [6, 6.07) is 3.72. The Hall–Kier alpha value is -1.68. The van der Waals surface area contributed by atoms with Crippen LogP contribution in [0.2, 0.25) is 0 Å². The van der Waals surface area contributed by atoms with Crippen LogP contribution in [0.4, 0.5) is 5.69 Å². The summed E-state index contributed by atoms with van der Waals surface area (Å²) in [7, 11) is 0. The van der Waals surface area contributed by atoms with Gasteiger partial charge in [-0.05, 0) is 31.9 Å². The van der Waals surface area contributed by atoms with E-state index < -0.39 is 17.8 Å². The van der Waals surface area contributed by atoms with Crippen molar-refractivity contribution in [2.24, 2.45) is 0 Å². The molecular formula is C13H15NO3. The summed E-state index contributed by atoms with van der Waals surface area (Å²) in [6.07, 6.45) is -0.655. The zero-order valence-corrected chi connectivity index (χ0v) is 10.2. The number of rotatable bonds is 2. The van der Waals surface area contributed by atoms with E-state index in [2.05, 4.69) is 0 Å². The maximum absolute atomic E-state index is 11.9. The lowest BCUT2D eigenvalue weighted by molar-refractivity contribution is -0.114. The van der Waals surface area contributed by atoms with Crippen LogP contribution >= 0.6 is 0 Å². The first-order valence-corrected chi connectivity index (χ1v) is 5.58. The fourth-order valence-corrected chi connectivity index (χ4v) is 2.20. The van der Waals surface area contributed by atoms with Gasteiger partial charge in [-0.1, -0.05) is 12.1 Å². The molecule has 17 heavy (non-hydrogen) atoms. The van der Waals surface area contributed by atoms with Gasteiger partial charge in [0, 0.05) is 0 Å². The molecule has 90 valence electrons. The minimum atomic E-state index is -0.655. The fraction of sp³-hybridized carbons (Fsp3) is 0.385. The van der Waals surface area contributed by atoms with E-state index in [0.29, 0.717) is 11.3 Å². The predicted octanol–water partition coefficient (Wildman–Crippen LogP) is 1.21. The van der Waals surface area contributed by atoms with Crippen molar-refractivity contribution in [3.8, 4) is 0 Å². The number of β-amino-alcohol motifs (C(OH)–C–C–N with tert-alkyl or cyclic N) is 1. The second-order valence-corrected chi connectivity index (χ2v) is 4.52. The highest BCUT2D eigenvalue weighted by atomic mass is 16.3. The lowest BCUT2D eigenvalue weighted by atomic mass is 10.0. The molecule has 1 N–H and O–H groups in total. The third-order valence-corrected chi connectivity index (χ3v) is 2.97. The van der Waals surface area contributed by atoms with Crippen LogP contribution < -0.4 is 4.90 Å². The summed E-state index contributed by atoms with van der Waals surface area (Å²) in [5.74, 6) is -1.01. The number of anilines is 1. The Kier molecular flexibility index (Phi) is 2.75. The summed E-state index contributed by atoms with van der Waals surface area (Å²) >= 11 is 0. The van der Waals surface area contributed by atoms with Gasteiger partial charge in [0.25, 0.3) is 11.7 Å². The van der Waals surface area contributed by atoms with Gasteiger partial charge in [0.2, 0.25) is 0 Å². The normalized spacial score (nSPS) is 16.4. The minimum Gasteiger partial charge on any atom is -0.392 e. The molecule has 0 aliphatic carbocycles. The monoisotopic (exact) mass is 233 g/mol. The summed E-state index contributed by atoms with van der Waals surface area (Å²) in [5.41, 5.74) is 2.82. The third-order valence-electron chi connectivity index (χ3n) is 2.97. The van der Waals surface area contributed by atoms with Gasteiger partial charge in [-0.25, -0.2) is 0 Å². The van der Waals surface area contributed by atoms with E-state index >= 15 is 0 Å². The zero-order valence-electron chi connectivity index (χ0n) is 10.2. The molecule has 4 nitrogen and oxygen atoms in total. The lowest BCUT2D eigenvalue weighted by Crippen LogP contribution is -2.35. The van der Waals surface area contributed by atoms with E-state index in [0.717, 1.165) is 11.1 Å². The van der Waals surface area contributed by atoms with Crippen LogP contribution in [0.25, 0.3) is 0 Å².